The maximum Gasteiger partial charge on any atom is 0.0798 e. The molecule has 1 heterocycles. The van der Waals surface area contributed by atoms with Crippen LogP contribution in [0.5, 0.6) is 0 Å². The summed E-state index contributed by atoms with van der Waals surface area (Å²) in [5.41, 5.74) is 3.20. The van der Waals surface area contributed by atoms with Crippen LogP contribution in [0.15, 0.2) is 5.51 Å². The van der Waals surface area contributed by atoms with E-state index in [0.717, 1.165) is 12.5 Å². The highest BCUT2D eigenvalue weighted by Gasteiger charge is 2.19. The topological polar surface area (TPSA) is 24.9 Å². The average Bonchev–Trinajstić information content (AvgIpc) is 2.82. The summed E-state index contributed by atoms with van der Waals surface area (Å²) in [5, 5.41) is 3.64. The first-order valence-corrected chi connectivity index (χ1v) is 8.32. The van der Waals surface area contributed by atoms with Gasteiger partial charge in [0.05, 0.1) is 11.2 Å². The highest BCUT2D eigenvalue weighted by molar-refractivity contribution is 7.09. The minimum atomic E-state index is 0.532. The quantitative estimate of drug-likeness (QED) is 0.822. The van der Waals surface area contributed by atoms with E-state index in [0.29, 0.717) is 6.04 Å². The van der Waals surface area contributed by atoms with Crippen molar-refractivity contribution in [1.29, 1.82) is 0 Å². The highest BCUT2D eigenvalue weighted by Crippen LogP contribution is 2.32. The Hall–Kier alpha value is -0.410. The van der Waals surface area contributed by atoms with E-state index in [4.69, 9.17) is 0 Å². The Morgan fingerprint density at radius 3 is 2.78 bits per heavy atom. The lowest BCUT2D eigenvalue weighted by Crippen LogP contribution is -2.22. The molecule has 1 atom stereocenters. The fourth-order valence-electron chi connectivity index (χ4n) is 3.10. The Bertz CT molecular complexity index is 342. The van der Waals surface area contributed by atoms with E-state index in [2.05, 4.69) is 24.1 Å². The summed E-state index contributed by atoms with van der Waals surface area (Å²) >= 11 is 1.81. The zero-order chi connectivity index (χ0) is 12.8. The molecule has 1 saturated carbocycles. The van der Waals surface area contributed by atoms with Crippen LogP contribution in [0.2, 0.25) is 0 Å². The van der Waals surface area contributed by atoms with Crippen LogP contribution in [-0.2, 0) is 0 Å². The molecule has 0 aliphatic heterocycles. The van der Waals surface area contributed by atoms with Gasteiger partial charge < -0.3 is 5.32 Å². The lowest BCUT2D eigenvalue weighted by molar-refractivity contribution is 0.316. The fraction of sp³-hybridized carbons (Fsp3) is 0.800. The molecule has 2 nitrogen and oxygen atoms in total. The Labute approximate surface area is 115 Å². The zero-order valence-electron chi connectivity index (χ0n) is 11.7. The van der Waals surface area contributed by atoms with Gasteiger partial charge in [0.1, 0.15) is 0 Å². The third-order valence-electron chi connectivity index (χ3n) is 4.14. The first-order valence-electron chi connectivity index (χ1n) is 7.44. The predicted molar refractivity (Wildman–Crippen MR) is 79.1 cm³/mol. The van der Waals surface area contributed by atoms with E-state index in [1.54, 1.807) is 0 Å². The van der Waals surface area contributed by atoms with E-state index in [1.165, 1.54) is 55.5 Å². The van der Waals surface area contributed by atoms with Crippen molar-refractivity contribution in [3.8, 4) is 0 Å². The molecule has 1 N–H and O–H groups in total. The number of hydrogen-bond donors (Lipinski definition) is 1. The van der Waals surface area contributed by atoms with Crippen molar-refractivity contribution in [2.75, 3.05) is 6.54 Å². The number of nitrogens with one attached hydrogen (secondary N) is 1. The van der Waals surface area contributed by atoms with Gasteiger partial charge in [0, 0.05) is 10.9 Å². The summed E-state index contributed by atoms with van der Waals surface area (Å²) < 4.78 is 0. The molecule has 0 amide bonds. The second kappa shape index (κ2) is 7.25. The Kier molecular flexibility index (Phi) is 5.64. The van der Waals surface area contributed by atoms with E-state index in [1.807, 2.05) is 16.8 Å². The smallest absolute Gasteiger partial charge is 0.0798 e. The Morgan fingerprint density at radius 2 is 2.17 bits per heavy atom. The fourth-order valence-corrected chi connectivity index (χ4v) is 4.01. The van der Waals surface area contributed by atoms with Crippen LogP contribution in [0.3, 0.4) is 0 Å². The van der Waals surface area contributed by atoms with Gasteiger partial charge in [-0.3, -0.25) is 0 Å². The van der Waals surface area contributed by atoms with Gasteiger partial charge in [-0.25, -0.2) is 4.98 Å². The lowest BCUT2D eigenvalue weighted by atomic mass is 9.85. The molecule has 2 rings (SSSR count). The van der Waals surface area contributed by atoms with Crippen LogP contribution in [0.1, 0.15) is 68.5 Å². The van der Waals surface area contributed by atoms with Gasteiger partial charge in [0.2, 0.25) is 0 Å². The van der Waals surface area contributed by atoms with E-state index in [9.17, 15) is 0 Å². The summed E-state index contributed by atoms with van der Waals surface area (Å²) in [7, 11) is 0. The maximum atomic E-state index is 4.39. The molecule has 0 radical (unpaired) electrons. The van der Waals surface area contributed by atoms with Crippen molar-refractivity contribution in [2.45, 2.75) is 64.8 Å². The summed E-state index contributed by atoms with van der Waals surface area (Å²) in [5.74, 6) is 0.980. The molecule has 3 heteroatoms. The van der Waals surface area contributed by atoms with Crippen molar-refractivity contribution in [1.82, 2.24) is 10.3 Å². The average molecular weight is 266 g/mol. The minimum Gasteiger partial charge on any atom is -0.309 e. The van der Waals surface area contributed by atoms with Gasteiger partial charge in [-0.15, -0.1) is 11.3 Å². The number of aromatic nitrogens is 1. The van der Waals surface area contributed by atoms with Crippen molar-refractivity contribution < 1.29 is 0 Å². The molecule has 0 aromatic carbocycles. The Balaban J connectivity index is 1.88. The summed E-state index contributed by atoms with van der Waals surface area (Å²) in [6.07, 6.45) is 9.95. The van der Waals surface area contributed by atoms with Crippen LogP contribution in [0.4, 0.5) is 0 Å². The zero-order valence-corrected chi connectivity index (χ0v) is 12.6. The largest absolute Gasteiger partial charge is 0.309 e. The van der Waals surface area contributed by atoms with Crippen LogP contribution < -0.4 is 5.32 Å². The van der Waals surface area contributed by atoms with E-state index in [-0.39, 0.29) is 0 Å². The maximum absolute atomic E-state index is 4.39. The van der Waals surface area contributed by atoms with Gasteiger partial charge in [-0.05, 0) is 32.2 Å². The van der Waals surface area contributed by atoms with Crippen LogP contribution in [-0.4, -0.2) is 11.5 Å². The van der Waals surface area contributed by atoms with Crippen molar-refractivity contribution in [3.05, 3.63) is 16.1 Å². The molecule has 1 fully saturated rings. The normalized spacial score (nSPS) is 19.0. The monoisotopic (exact) mass is 266 g/mol. The van der Waals surface area contributed by atoms with Crippen molar-refractivity contribution in [2.24, 2.45) is 5.92 Å². The Morgan fingerprint density at radius 1 is 1.39 bits per heavy atom. The second-order valence-electron chi connectivity index (χ2n) is 5.49. The molecule has 0 spiro atoms. The minimum absolute atomic E-state index is 0.532. The highest BCUT2D eigenvalue weighted by atomic mass is 32.1. The van der Waals surface area contributed by atoms with E-state index < -0.39 is 0 Å². The summed E-state index contributed by atoms with van der Waals surface area (Å²) in [6, 6.07) is 0.532. The van der Waals surface area contributed by atoms with Gasteiger partial charge in [-0.1, -0.05) is 39.0 Å². The third-order valence-corrected chi connectivity index (χ3v) is 5.18. The molecule has 18 heavy (non-hydrogen) atoms. The van der Waals surface area contributed by atoms with Crippen LogP contribution in [0, 0.1) is 12.8 Å². The second-order valence-corrected chi connectivity index (χ2v) is 6.38. The SMILES string of the molecule is CCNC(CCC1CCCCC1)c1scnc1C. The molecule has 102 valence electrons. The summed E-state index contributed by atoms with van der Waals surface area (Å²) in [4.78, 5) is 5.84. The molecule has 1 aliphatic carbocycles. The lowest BCUT2D eigenvalue weighted by Gasteiger charge is -2.24. The number of hydrogen-bond acceptors (Lipinski definition) is 3. The molecule has 1 unspecified atom stereocenters. The molecule has 1 aliphatic rings. The van der Waals surface area contributed by atoms with Crippen LogP contribution in [0.25, 0.3) is 0 Å². The van der Waals surface area contributed by atoms with Gasteiger partial charge in [0.15, 0.2) is 0 Å². The van der Waals surface area contributed by atoms with Gasteiger partial charge in [0.25, 0.3) is 0 Å². The molecular weight excluding hydrogens is 240 g/mol. The van der Waals surface area contributed by atoms with Gasteiger partial charge in [-0.2, -0.15) is 0 Å². The summed E-state index contributed by atoms with van der Waals surface area (Å²) in [6.45, 7) is 5.38. The molecule has 1 aromatic heterocycles. The number of aryl methyl sites for hydroxylation is 1. The predicted octanol–water partition coefficient (Wildman–Crippen LogP) is 4.46. The molecule has 0 saturated heterocycles. The molecule has 0 bridgehead atoms. The number of nitrogens with zero attached hydrogens (tertiary/aromatic N) is 1. The molecule has 1 aromatic rings. The third kappa shape index (κ3) is 3.79. The number of thiazole rings is 1. The molecular formula is C15H26N2S. The van der Waals surface area contributed by atoms with Crippen molar-refractivity contribution in [3.63, 3.8) is 0 Å². The van der Waals surface area contributed by atoms with Crippen molar-refractivity contribution >= 4 is 11.3 Å². The first-order chi connectivity index (χ1) is 8.81. The van der Waals surface area contributed by atoms with Crippen LogP contribution >= 0.6 is 11.3 Å². The first kappa shape index (κ1) is 14.0. The van der Waals surface area contributed by atoms with Gasteiger partial charge >= 0.3 is 0 Å². The standard InChI is InChI=1S/C15H26N2S/c1-3-16-14(15-12(2)17-11-18-15)10-9-13-7-5-4-6-8-13/h11,13-14,16H,3-10H2,1-2H3. The number of rotatable bonds is 6. The van der Waals surface area contributed by atoms with E-state index >= 15 is 0 Å².